The molecule has 5 heteroatoms. The molecule has 2 N–H and O–H groups in total. The van der Waals surface area contributed by atoms with Crippen molar-refractivity contribution in [3.8, 4) is 0 Å². The minimum absolute atomic E-state index is 0.0841. The molecule has 0 aromatic heterocycles. The molecule has 0 saturated heterocycles. The third-order valence-corrected chi connectivity index (χ3v) is 3.21. The molecule has 3 nitrogen and oxygen atoms in total. The van der Waals surface area contributed by atoms with E-state index in [0.717, 1.165) is 5.56 Å². The molecule has 0 fully saturated rings. The minimum Gasteiger partial charge on any atom is -0.457 e. The lowest BCUT2D eigenvalue weighted by Gasteiger charge is -2.09. The van der Waals surface area contributed by atoms with E-state index in [1.54, 1.807) is 25.1 Å². The molecule has 0 bridgehead atoms. The molecule has 0 heterocycles. The highest BCUT2D eigenvalue weighted by Crippen LogP contribution is 2.19. The van der Waals surface area contributed by atoms with Gasteiger partial charge in [-0.25, -0.2) is 9.18 Å². The number of halogens is 2. The van der Waals surface area contributed by atoms with Gasteiger partial charge in [0.25, 0.3) is 0 Å². The summed E-state index contributed by atoms with van der Waals surface area (Å²) in [6.45, 7) is 1.68. The van der Waals surface area contributed by atoms with Crippen LogP contribution in [0.2, 0.25) is 5.02 Å². The number of hydrogen-bond acceptors (Lipinski definition) is 3. The van der Waals surface area contributed by atoms with Gasteiger partial charge in [-0.15, -0.1) is 0 Å². The van der Waals surface area contributed by atoms with Gasteiger partial charge in [0, 0.05) is 16.3 Å². The molecule has 0 radical (unpaired) electrons. The number of nitrogens with two attached hydrogens (primary N) is 1. The molecule has 2 aromatic rings. The van der Waals surface area contributed by atoms with Crippen LogP contribution in [-0.4, -0.2) is 5.97 Å². The van der Waals surface area contributed by atoms with Crippen LogP contribution in [0.3, 0.4) is 0 Å². The van der Waals surface area contributed by atoms with Gasteiger partial charge in [0.1, 0.15) is 12.4 Å². The zero-order valence-electron chi connectivity index (χ0n) is 10.8. The van der Waals surface area contributed by atoms with Crippen LogP contribution < -0.4 is 5.73 Å². The average Bonchev–Trinajstić information content (AvgIpc) is 2.39. The van der Waals surface area contributed by atoms with Crippen LogP contribution in [0.4, 0.5) is 10.1 Å². The third-order valence-electron chi connectivity index (χ3n) is 2.84. The van der Waals surface area contributed by atoms with E-state index in [1.807, 2.05) is 0 Å². The van der Waals surface area contributed by atoms with Crippen LogP contribution in [0.5, 0.6) is 0 Å². The molecule has 0 amide bonds. The molecule has 0 aliphatic heterocycles. The summed E-state index contributed by atoms with van der Waals surface area (Å²) in [6.07, 6.45) is 0. The molecule has 0 atom stereocenters. The van der Waals surface area contributed by atoms with Gasteiger partial charge >= 0.3 is 5.97 Å². The lowest BCUT2D eigenvalue weighted by molar-refractivity contribution is 0.0471. The topological polar surface area (TPSA) is 52.3 Å². The van der Waals surface area contributed by atoms with Gasteiger partial charge in [-0.3, -0.25) is 0 Å². The van der Waals surface area contributed by atoms with E-state index in [4.69, 9.17) is 22.1 Å². The molecule has 104 valence electrons. The van der Waals surface area contributed by atoms with E-state index in [-0.39, 0.29) is 6.61 Å². The van der Waals surface area contributed by atoms with Gasteiger partial charge in [0.2, 0.25) is 0 Å². The van der Waals surface area contributed by atoms with E-state index in [2.05, 4.69) is 0 Å². The predicted molar refractivity (Wildman–Crippen MR) is 76.1 cm³/mol. The standard InChI is InChI=1S/C15H13ClFNO2/c1-9-6-12(18)3-4-13(9)15(19)20-8-10-7-11(17)2-5-14(10)16/h2-7H,8,18H2,1H3. The first kappa shape index (κ1) is 14.3. The van der Waals surface area contributed by atoms with Crippen molar-refractivity contribution in [1.82, 2.24) is 0 Å². The number of ether oxygens (including phenoxy) is 1. The number of aryl methyl sites for hydroxylation is 1. The molecule has 2 rings (SSSR count). The van der Waals surface area contributed by atoms with Crippen LogP contribution >= 0.6 is 11.6 Å². The van der Waals surface area contributed by atoms with Crippen molar-refractivity contribution >= 4 is 23.3 Å². The molecule has 0 aliphatic carbocycles. The SMILES string of the molecule is Cc1cc(N)ccc1C(=O)OCc1cc(F)ccc1Cl. The number of esters is 1. The maximum absolute atomic E-state index is 13.1. The molecule has 0 spiro atoms. The Hall–Kier alpha value is -2.07. The number of anilines is 1. The summed E-state index contributed by atoms with van der Waals surface area (Å²) in [6, 6.07) is 8.82. The van der Waals surface area contributed by atoms with Crippen molar-refractivity contribution in [1.29, 1.82) is 0 Å². The van der Waals surface area contributed by atoms with Crippen molar-refractivity contribution in [2.75, 3.05) is 5.73 Å². The summed E-state index contributed by atoms with van der Waals surface area (Å²) in [5.41, 5.74) is 7.76. The fraction of sp³-hybridized carbons (Fsp3) is 0.133. The number of carbonyl (C=O) groups is 1. The molecule has 0 aliphatic rings. The lowest BCUT2D eigenvalue weighted by atomic mass is 10.1. The van der Waals surface area contributed by atoms with Gasteiger partial charge in [-0.05, 0) is 48.9 Å². The van der Waals surface area contributed by atoms with Crippen molar-refractivity contribution in [2.24, 2.45) is 0 Å². The number of nitrogen functional groups attached to an aromatic ring is 1. The largest absolute Gasteiger partial charge is 0.457 e. The minimum atomic E-state index is -0.497. The first-order chi connectivity index (χ1) is 9.47. The second-order valence-electron chi connectivity index (χ2n) is 4.39. The lowest BCUT2D eigenvalue weighted by Crippen LogP contribution is -2.08. The van der Waals surface area contributed by atoms with Gasteiger partial charge in [0.05, 0.1) is 5.56 Å². The Morgan fingerprint density at radius 2 is 2.05 bits per heavy atom. The third kappa shape index (κ3) is 3.27. The van der Waals surface area contributed by atoms with E-state index >= 15 is 0 Å². The molecular weight excluding hydrogens is 281 g/mol. The molecule has 0 saturated carbocycles. The second-order valence-corrected chi connectivity index (χ2v) is 4.79. The predicted octanol–water partition coefficient (Wildman–Crippen LogP) is 3.73. The van der Waals surface area contributed by atoms with E-state index in [0.29, 0.717) is 21.8 Å². The molecule has 0 unspecified atom stereocenters. The average molecular weight is 294 g/mol. The monoisotopic (exact) mass is 293 g/mol. The van der Waals surface area contributed by atoms with E-state index in [1.165, 1.54) is 18.2 Å². The Balaban J connectivity index is 2.10. The normalized spacial score (nSPS) is 10.3. The Morgan fingerprint density at radius 1 is 1.30 bits per heavy atom. The summed E-state index contributed by atoms with van der Waals surface area (Å²) in [4.78, 5) is 11.9. The van der Waals surface area contributed by atoms with Gasteiger partial charge in [-0.2, -0.15) is 0 Å². The fourth-order valence-corrected chi connectivity index (χ4v) is 1.96. The van der Waals surface area contributed by atoms with E-state index < -0.39 is 11.8 Å². The molecule has 20 heavy (non-hydrogen) atoms. The van der Waals surface area contributed by atoms with Crippen molar-refractivity contribution in [3.63, 3.8) is 0 Å². The second kappa shape index (κ2) is 5.92. The van der Waals surface area contributed by atoms with Crippen LogP contribution in [0.1, 0.15) is 21.5 Å². The van der Waals surface area contributed by atoms with Crippen LogP contribution in [0, 0.1) is 12.7 Å². The first-order valence-electron chi connectivity index (χ1n) is 5.94. The maximum atomic E-state index is 13.1. The first-order valence-corrected chi connectivity index (χ1v) is 6.32. The van der Waals surface area contributed by atoms with E-state index in [9.17, 15) is 9.18 Å². The number of rotatable bonds is 3. The van der Waals surface area contributed by atoms with Gasteiger partial charge < -0.3 is 10.5 Å². The summed E-state index contributed by atoms with van der Waals surface area (Å²) >= 11 is 5.90. The maximum Gasteiger partial charge on any atom is 0.338 e. The quantitative estimate of drug-likeness (QED) is 0.693. The highest BCUT2D eigenvalue weighted by atomic mass is 35.5. The Morgan fingerprint density at radius 3 is 2.75 bits per heavy atom. The molecule has 2 aromatic carbocycles. The van der Waals surface area contributed by atoms with Crippen molar-refractivity contribution < 1.29 is 13.9 Å². The van der Waals surface area contributed by atoms with Gasteiger partial charge in [0.15, 0.2) is 0 Å². The number of carbonyl (C=O) groups excluding carboxylic acids is 1. The Labute approximate surface area is 121 Å². The summed E-state index contributed by atoms with van der Waals surface area (Å²) in [5.74, 6) is -0.924. The fourth-order valence-electron chi connectivity index (χ4n) is 1.79. The summed E-state index contributed by atoms with van der Waals surface area (Å²) < 4.78 is 18.2. The number of benzene rings is 2. The zero-order valence-corrected chi connectivity index (χ0v) is 11.6. The zero-order chi connectivity index (χ0) is 14.7. The highest BCUT2D eigenvalue weighted by molar-refractivity contribution is 6.31. The highest BCUT2D eigenvalue weighted by Gasteiger charge is 2.12. The molecular formula is C15H13ClFNO2. The number of hydrogen-bond donors (Lipinski definition) is 1. The van der Waals surface area contributed by atoms with Crippen LogP contribution in [-0.2, 0) is 11.3 Å². The summed E-state index contributed by atoms with van der Waals surface area (Å²) in [7, 11) is 0. The van der Waals surface area contributed by atoms with Crippen molar-refractivity contribution in [3.05, 3.63) is 63.9 Å². The Bertz CT molecular complexity index is 658. The Kier molecular flexibility index (Phi) is 4.25. The van der Waals surface area contributed by atoms with Crippen molar-refractivity contribution in [2.45, 2.75) is 13.5 Å². The summed E-state index contributed by atoms with van der Waals surface area (Å²) in [5, 5.41) is 0.355. The van der Waals surface area contributed by atoms with Crippen LogP contribution in [0.25, 0.3) is 0 Å². The van der Waals surface area contributed by atoms with Crippen LogP contribution in [0.15, 0.2) is 36.4 Å². The smallest absolute Gasteiger partial charge is 0.338 e. The van der Waals surface area contributed by atoms with Gasteiger partial charge in [-0.1, -0.05) is 11.6 Å².